The molecule has 1 unspecified atom stereocenters. The summed E-state index contributed by atoms with van der Waals surface area (Å²) < 4.78 is 38.4. The fourth-order valence-corrected chi connectivity index (χ4v) is 2.22. The average molecular weight is 228 g/mol. The number of benzene rings is 1. The topological polar surface area (TPSA) is 3.24 Å². The molecule has 1 fully saturated rings. The molecule has 2 rings (SSSR count). The summed E-state index contributed by atoms with van der Waals surface area (Å²) in [6, 6.07) is 5.57. The van der Waals surface area contributed by atoms with Gasteiger partial charge in [0, 0.05) is 6.04 Å². The molecule has 4 heteroatoms. The second-order valence-electron chi connectivity index (χ2n) is 4.06. The van der Waals surface area contributed by atoms with Crippen molar-refractivity contribution in [3.05, 3.63) is 42.4 Å². The standard InChI is InChI=1S/C12H13F3N/c1-16-8-4-7-11(16)9-5-2-3-6-10(9)12(13,14)15/h2-3,5-6,11H,1,4,7-8H2/q-1. The normalized spacial score (nSPS) is 22.6. The van der Waals surface area contributed by atoms with Gasteiger partial charge in [-0.3, -0.25) is 7.05 Å². The van der Waals surface area contributed by atoms with E-state index < -0.39 is 11.7 Å². The van der Waals surface area contributed by atoms with Crippen LogP contribution in [0.2, 0.25) is 0 Å². The number of nitrogens with zero attached hydrogens (tertiary/aromatic N) is 1. The highest BCUT2D eigenvalue weighted by Gasteiger charge is 2.35. The molecule has 1 aliphatic heterocycles. The van der Waals surface area contributed by atoms with E-state index in [2.05, 4.69) is 7.05 Å². The van der Waals surface area contributed by atoms with E-state index in [1.54, 1.807) is 17.0 Å². The van der Waals surface area contributed by atoms with Crippen LogP contribution >= 0.6 is 0 Å². The van der Waals surface area contributed by atoms with Crippen LogP contribution in [0.4, 0.5) is 13.2 Å². The predicted molar refractivity (Wildman–Crippen MR) is 55.5 cm³/mol. The fraction of sp³-hybridized carbons (Fsp3) is 0.417. The second kappa shape index (κ2) is 4.09. The Hall–Kier alpha value is -1.03. The van der Waals surface area contributed by atoms with Crippen molar-refractivity contribution in [2.75, 3.05) is 6.54 Å². The van der Waals surface area contributed by atoms with Gasteiger partial charge in [-0.1, -0.05) is 18.2 Å². The summed E-state index contributed by atoms with van der Waals surface area (Å²) in [4.78, 5) is 1.74. The Labute approximate surface area is 92.9 Å². The minimum atomic E-state index is -4.28. The maximum atomic E-state index is 12.8. The molecule has 1 aromatic carbocycles. The third-order valence-corrected chi connectivity index (χ3v) is 2.99. The van der Waals surface area contributed by atoms with Crippen LogP contribution in [0, 0.1) is 7.05 Å². The van der Waals surface area contributed by atoms with E-state index in [0.717, 1.165) is 25.5 Å². The Morgan fingerprint density at radius 3 is 2.50 bits per heavy atom. The number of halogens is 3. The molecular formula is C12H13F3N-. The molecule has 16 heavy (non-hydrogen) atoms. The van der Waals surface area contributed by atoms with Gasteiger partial charge in [-0.25, -0.2) is 0 Å². The highest BCUT2D eigenvalue weighted by molar-refractivity contribution is 5.33. The summed E-state index contributed by atoms with van der Waals surface area (Å²) in [5.41, 5.74) is -0.182. The van der Waals surface area contributed by atoms with Crippen molar-refractivity contribution in [3.8, 4) is 0 Å². The van der Waals surface area contributed by atoms with Crippen molar-refractivity contribution >= 4 is 0 Å². The Morgan fingerprint density at radius 2 is 1.94 bits per heavy atom. The van der Waals surface area contributed by atoms with Gasteiger partial charge in [-0.05, 0) is 31.0 Å². The Bertz CT molecular complexity index is 373. The molecular weight excluding hydrogens is 215 g/mol. The first-order valence-corrected chi connectivity index (χ1v) is 5.23. The molecule has 1 heterocycles. The summed E-state index contributed by atoms with van der Waals surface area (Å²) in [6.45, 7) is 0.761. The third-order valence-electron chi connectivity index (χ3n) is 2.99. The van der Waals surface area contributed by atoms with Gasteiger partial charge in [0.15, 0.2) is 0 Å². The van der Waals surface area contributed by atoms with Crippen molar-refractivity contribution in [3.63, 3.8) is 0 Å². The van der Waals surface area contributed by atoms with E-state index in [9.17, 15) is 13.2 Å². The maximum Gasteiger partial charge on any atom is 0.416 e. The van der Waals surface area contributed by atoms with Crippen LogP contribution in [0.25, 0.3) is 0 Å². The van der Waals surface area contributed by atoms with Gasteiger partial charge in [-0.2, -0.15) is 13.2 Å². The third kappa shape index (κ3) is 2.07. The van der Waals surface area contributed by atoms with Crippen LogP contribution < -0.4 is 0 Å². The average Bonchev–Trinajstić information content (AvgIpc) is 2.63. The van der Waals surface area contributed by atoms with E-state index >= 15 is 0 Å². The minimum absolute atomic E-state index is 0.196. The van der Waals surface area contributed by atoms with E-state index in [4.69, 9.17) is 0 Å². The van der Waals surface area contributed by atoms with Crippen molar-refractivity contribution < 1.29 is 13.2 Å². The zero-order valence-electron chi connectivity index (χ0n) is 8.80. The lowest BCUT2D eigenvalue weighted by atomic mass is 9.98. The molecule has 0 N–H and O–H groups in total. The van der Waals surface area contributed by atoms with Crippen molar-refractivity contribution in [1.82, 2.24) is 4.90 Å². The largest absolute Gasteiger partial charge is 0.453 e. The Kier molecular flexibility index (Phi) is 2.93. The summed E-state index contributed by atoms with van der Waals surface area (Å²) in [7, 11) is 3.78. The minimum Gasteiger partial charge on any atom is -0.453 e. The van der Waals surface area contributed by atoms with E-state index in [1.807, 2.05) is 0 Å². The molecule has 88 valence electrons. The van der Waals surface area contributed by atoms with Crippen molar-refractivity contribution in [1.29, 1.82) is 0 Å². The van der Waals surface area contributed by atoms with Gasteiger partial charge in [0.1, 0.15) is 0 Å². The van der Waals surface area contributed by atoms with Gasteiger partial charge < -0.3 is 4.90 Å². The van der Waals surface area contributed by atoms with Crippen LogP contribution in [0.15, 0.2) is 24.3 Å². The molecule has 1 aliphatic rings. The van der Waals surface area contributed by atoms with Gasteiger partial charge in [-0.15, -0.1) is 0 Å². The predicted octanol–water partition coefficient (Wildman–Crippen LogP) is 3.63. The molecule has 0 bridgehead atoms. The second-order valence-corrected chi connectivity index (χ2v) is 4.06. The zero-order chi connectivity index (χ0) is 11.8. The van der Waals surface area contributed by atoms with Crippen LogP contribution in [0.5, 0.6) is 0 Å². The van der Waals surface area contributed by atoms with Crippen LogP contribution in [-0.2, 0) is 6.18 Å². The SMILES string of the molecule is [CH2-]N1CCCC1c1ccccc1C(F)(F)F. The highest BCUT2D eigenvalue weighted by atomic mass is 19.4. The lowest BCUT2D eigenvalue weighted by Gasteiger charge is -2.29. The first-order chi connectivity index (χ1) is 7.50. The number of alkyl halides is 3. The molecule has 0 amide bonds. The fourth-order valence-electron chi connectivity index (χ4n) is 2.22. The molecule has 0 aliphatic carbocycles. The molecule has 1 nitrogen and oxygen atoms in total. The Balaban J connectivity index is 2.40. The molecule has 0 aromatic heterocycles. The first-order valence-electron chi connectivity index (χ1n) is 5.23. The molecule has 0 spiro atoms. The zero-order valence-corrected chi connectivity index (χ0v) is 8.80. The summed E-state index contributed by atoms with van der Waals surface area (Å²) in [6.07, 6.45) is -2.63. The maximum absolute atomic E-state index is 12.8. The monoisotopic (exact) mass is 228 g/mol. The molecule has 1 atom stereocenters. The molecule has 0 saturated carbocycles. The van der Waals surface area contributed by atoms with Crippen molar-refractivity contribution in [2.45, 2.75) is 25.1 Å². The highest BCUT2D eigenvalue weighted by Crippen LogP contribution is 2.39. The lowest BCUT2D eigenvalue weighted by molar-refractivity contribution is -0.138. The molecule has 1 saturated heterocycles. The van der Waals surface area contributed by atoms with Crippen LogP contribution in [0.3, 0.4) is 0 Å². The molecule has 0 radical (unpaired) electrons. The Morgan fingerprint density at radius 1 is 1.25 bits per heavy atom. The number of likely N-dealkylation sites (tertiary alicyclic amines) is 1. The number of hydrogen-bond donors (Lipinski definition) is 0. The van der Waals surface area contributed by atoms with Gasteiger partial charge >= 0.3 is 6.18 Å². The van der Waals surface area contributed by atoms with Gasteiger partial charge in [0.05, 0.1) is 5.56 Å². The summed E-state index contributed by atoms with van der Waals surface area (Å²) >= 11 is 0. The van der Waals surface area contributed by atoms with Gasteiger partial charge in [0.2, 0.25) is 0 Å². The van der Waals surface area contributed by atoms with Crippen LogP contribution in [-0.4, -0.2) is 11.4 Å². The van der Waals surface area contributed by atoms with E-state index in [-0.39, 0.29) is 6.04 Å². The van der Waals surface area contributed by atoms with E-state index in [0.29, 0.717) is 5.56 Å². The smallest absolute Gasteiger partial charge is 0.416 e. The lowest BCUT2D eigenvalue weighted by Crippen LogP contribution is -2.19. The molecule has 1 aromatic rings. The van der Waals surface area contributed by atoms with Crippen LogP contribution in [0.1, 0.15) is 30.0 Å². The summed E-state index contributed by atoms with van der Waals surface area (Å²) in [5, 5.41) is 0. The van der Waals surface area contributed by atoms with E-state index in [1.165, 1.54) is 6.07 Å². The van der Waals surface area contributed by atoms with Crippen molar-refractivity contribution in [2.24, 2.45) is 0 Å². The quantitative estimate of drug-likeness (QED) is 0.663. The first kappa shape index (κ1) is 11.5. The summed E-state index contributed by atoms with van der Waals surface area (Å²) in [5.74, 6) is 0. The number of hydrogen-bond acceptors (Lipinski definition) is 1. The van der Waals surface area contributed by atoms with Gasteiger partial charge in [0.25, 0.3) is 0 Å². The number of rotatable bonds is 1.